The van der Waals surface area contributed by atoms with Crippen LogP contribution in [0.15, 0.2) is 24.3 Å². The molecule has 88 valence electrons. The van der Waals surface area contributed by atoms with Crippen LogP contribution >= 0.6 is 0 Å². The van der Waals surface area contributed by atoms with Gasteiger partial charge in [0.25, 0.3) is 0 Å². The van der Waals surface area contributed by atoms with Crippen molar-refractivity contribution in [1.82, 2.24) is 9.80 Å². The van der Waals surface area contributed by atoms with Crippen LogP contribution in [0.25, 0.3) is 0 Å². The molecule has 1 unspecified atom stereocenters. The molecule has 2 nitrogen and oxygen atoms in total. The van der Waals surface area contributed by atoms with E-state index in [0.717, 1.165) is 19.6 Å². The maximum absolute atomic E-state index is 2.48. The zero-order valence-corrected chi connectivity index (χ0v) is 10.8. The van der Waals surface area contributed by atoms with Crippen LogP contribution in [0.5, 0.6) is 0 Å². The monoisotopic (exact) mass is 218 g/mol. The average molecular weight is 218 g/mol. The first-order valence-corrected chi connectivity index (χ1v) is 6.00. The van der Waals surface area contributed by atoms with Gasteiger partial charge in [-0.15, -0.1) is 0 Å². The first kappa shape index (κ1) is 11.6. The van der Waals surface area contributed by atoms with Gasteiger partial charge in [0.2, 0.25) is 0 Å². The lowest BCUT2D eigenvalue weighted by Crippen LogP contribution is -2.56. The Morgan fingerprint density at radius 3 is 2.50 bits per heavy atom. The van der Waals surface area contributed by atoms with Crippen molar-refractivity contribution < 1.29 is 0 Å². The molecular weight excluding hydrogens is 196 g/mol. The standard InChI is InChI=1S/C14H22N2/c1-12-7-5-6-8-13(12)14(2)11-15(3)9-10-16(14)4/h5-8H,9-11H2,1-4H3. The van der Waals surface area contributed by atoms with Crippen LogP contribution in [0.3, 0.4) is 0 Å². The zero-order valence-electron chi connectivity index (χ0n) is 10.8. The molecule has 1 aromatic carbocycles. The van der Waals surface area contributed by atoms with Crippen LogP contribution in [0.4, 0.5) is 0 Å². The van der Waals surface area contributed by atoms with Crippen LogP contribution < -0.4 is 0 Å². The van der Waals surface area contributed by atoms with Gasteiger partial charge in [-0.3, -0.25) is 4.90 Å². The van der Waals surface area contributed by atoms with Crippen molar-refractivity contribution >= 4 is 0 Å². The number of hydrogen-bond acceptors (Lipinski definition) is 2. The molecule has 0 saturated carbocycles. The quantitative estimate of drug-likeness (QED) is 0.712. The molecule has 0 bridgehead atoms. The predicted octanol–water partition coefficient (Wildman–Crippen LogP) is 2.09. The Balaban J connectivity index is 2.40. The topological polar surface area (TPSA) is 6.48 Å². The van der Waals surface area contributed by atoms with Crippen LogP contribution in [-0.2, 0) is 5.54 Å². The third-order valence-electron chi connectivity index (χ3n) is 3.96. The summed E-state index contributed by atoms with van der Waals surface area (Å²) in [5.41, 5.74) is 3.01. The fourth-order valence-corrected chi connectivity index (χ4v) is 2.76. The number of hydrogen-bond donors (Lipinski definition) is 0. The molecule has 1 saturated heterocycles. The second-order valence-electron chi connectivity index (χ2n) is 5.25. The van der Waals surface area contributed by atoms with Gasteiger partial charge in [0, 0.05) is 19.6 Å². The smallest absolute Gasteiger partial charge is 0.0560 e. The van der Waals surface area contributed by atoms with Gasteiger partial charge in [-0.25, -0.2) is 0 Å². The van der Waals surface area contributed by atoms with Crippen molar-refractivity contribution in [3.8, 4) is 0 Å². The Morgan fingerprint density at radius 2 is 1.81 bits per heavy atom. The van der Waals surface area contributed by atoms with Gasteiger partial charge < -0.3 is 4.90 Å². The van der Waals surface area contributed by atoms with Crippen LogP contribution in [0.2, 0.25) is 0 Å². The highest BCUT2D eigenvalue weighted by molar-refractivity contribution is 5.33. The summed E-state index contributed by atoms with van der Waals surface area (Å²) < 4.78 is 0. The lowest BCUT2D eigenvalue weighted by Gasteiger charge is -2.47. The minimum Gasteiger partial charge on any atom is -0.303 e. The highest BCUT2D eigenvalue weighted by Gasteiger charge is 2.36. The first-order chi connectivity index (χ1) is 7.54. The molecule has 1 aromatic rings. The molecule has 0 N–H and O–H groups in total. The third kappa shape index (κ3) is 1.87. The number of likely N-dealkylation sites (N-methyl/N-ethyl adjacent to an activating group) is 2. The summed E-state index contributed by atoms with van der Waals surface area (Å²) in [6, 6.07) is 8.75. The van der Waals surface area contributed by atoms with E-state index in [1.54, 1.807) is 0 Å². The molecule has 1 atom stereocenters. The first-order valence-electron chi connectivity index (χ1n) is 6.00. The van der Waals surface area contributed by atoms with Gasteiger partial charge in [0.15, 0.2) is 0 Å². The Morgan fingerprint density at radius 1 is 1.12 bits per heavy atom. The van der Waals surface area contributed by atoms with E-state index in [9.17, 15) is 0 Å². The molecule has 2 rings (SSSR count). The number of rotatable bonds is 1. The van der Waals surface area contributed by atoms with E-state index in [1.807, 2.05) is 0 Å². The molecular formula is C14H22N2. The molecule has 0 aliphatic carbocycles. The van der Waals surface area contributed by atoms with Gasteiger partial charge in [-0.2, -0.15) is 0 Å². The SMILES string of the molecule is Cc1ccccc1C1(C)CN(C)CCN1C. The Hall–Kier alpha value is -0.860. The minimum absolute atomic E-state index is 0.151. The predicted molar refractivity (Wildman–Crippen MR) is 68.7 cm³/mol. The fraction of sp³-hybridized carbons (Fsp3) is 0.571. The maximum Gasteiger partial charge on any atom is 0.0560 e. The molecule has 2 heteroatoms. The van der Waals surface area contributed by atoms with Crippen LogP contribution in [-0.4, -0.2) is 43.5 Å². The van der Waals surface area contributed by atoms with Crippen molar-refractivity contribution in [1.29, 1.82) is 0 Å². The lowest BCUT2D eigenvalue weighted by molar-refractivity contribution is 0.0375. The Kier molecular flexibility index (Phi) is 3.04. The molecule has 1 aliphatic rings. The van der Waals surface area contributed by atoms with E-state index in [-0.39, 0.29) is 5.54 Å². The van der Waals surface area contributed by atoms with E-state index >= 15 is 0 Å². The summed E-state index contributed by atoms with van der Waals surface area (Å²) in [5, 5.41) is 0. The maximum atomic E-state index is 2.48. The van der Waals surface area contributed by atoms with E-state index in [4.69, 9.17) is 0 Å². The average Bonchev–Trinajstić information content (AvgIpc) is 2.24. The van der Waals surface area contributed by atoms with Crippen LogP contribution in [0, 0.1) is 6.92 Å². The molecule has 0 aromatic heterocycles. The van der Waals surface area contributed by atoms with Crippen LogP contribution in [0.1, 0.15) is 18.1 Å². The molecule has 1 aliphatic heterocycles. The van der Waals surface area contributed by atoms with E-state index < -0.39 is 0 Å². The van der Waals surface area contributed by atoms with Gasteiger partial charge in [0.1, 0.15) is 0 Å². The lowest BCUT2D eigenvalue weighted by atomic mass is 9.85. The number of aryl methyl sites for hydroxylation is 1. The van der Waals surface area contributed by atoms with Crippen molar-refractivity contribution in [2.24, 2.45) is 0 Å². The van der Waals surface area contributed by atoms with Gasteiger partial charge in [-0.1, -0.05) is 24.3 Å². The normalized spacial score (nSPS) is 28.2. The van der Waals surface area contributed by atoms with Crippen molar-refractivity contribution in [3.05, 3.63) is 35.4 Å². The second-order valence-corrected chi connectivity index (χ2v) is 5.25. The number of nitrogens with zero attached hydrogens (tertiary/aromatic N) is 2. The number of piperazine rings is 1. The van der Waals surface area contributed by atoms with Crippen molar-refractivity contribution in [2.45, 2.75) is 19.4 Å². The molecule has 16 heavy (non-hydrogen) atoms. The Labute approximate surface area is 98.9 Å². The second kappa shape index (κ2) is 4.19. The zero-order chi connectivity index (χ0) is 11.8. The van der Waals surface area contributed by atoms with E-state index in [1.165, 1.54) is 11.1 Å². The largest absolute Gasteiger partial charge is 0.303 e. The minimum atomic E-state index is 0.151. The fourth-order valence-electron chi connectivity index (χ4n) is 2.76. The van der Waals surface area contributed by atoms with E-state index in [0.29, 0.717) is 0 Å². The van der Waals surface area contributed by atoms with Gasteiger partial charge >= 0.3 is 0 Å². The highest BCUT2D eigenvalue weighted by Crippen LogP contribution is 2.32. The summed E-state index contributed by atoms with van der Waals surface area (Å²) in [4.78, 5) is 4.90. The molecule has 0 spiro atoms. The third-order valence-corrected chi connectivity index (χ3v) is 3.96. The van der Waals surface area contributed by atoms with Crippen molar-refractivity contribution in [3.63, 3.8) is 0 Å². The summed E-state index contributed by atoms with van der Waals surface area (Å²) in [6.07, 6.45) is 0. The molecule has 1 heterocycles. The van der Waals surface area contributed by atoms with Crippen molar-refractivity contribution in [2.75, 3.05) is 33.7 Å². The highest BCUT2D eigenvalue weighted by atomic mass is 15.3. The van der Waals surface area contributed by atoms with Gasteiger partial charge in [0.05, 0.1) is 5.54 Å². The number of benzene rings is 1. The summed E-state index contributed by atoms with van der Waals surface area (Å²) in [7, 11) is 4.45. The summed E-state index contributed by atoms with van der Waals surface area (Å²) >= 11 is 0. The Bertz CT molecular complexity index is 375. The van der Waals surface area contributed by atoms with Gasteiger partial charge in [-0.05, 0) is 39.1 Å². The molecule has 0 amide bonds. The van der Waals surface area contributed by atoms with E-state index in [2.05, 4.69) is 62.0 Å². The molecule has 0 radical (unpaired) electrons. The summed E-state index contributed by atoms with van der Waals surface area (Å²) in [6.45, 7) is 7.97. The summed E-state index contributed by atoms with van der Waals surface area (Å²) in [5.74, 6) is 0. The molecule has 1 fully saturated rings.